The molecule has 0 amide bonds. The highest BCUT2D eigenvalue weighted by Gasteiger charge is 2.21. The molecule has 1 aliphatic rings. The van der Waals surface area contributed by atoms with Gasteiger partial charge in [0.05, 0.1) is 28.6 Å². The van der Waals surface area contributed by atoms with Crippen molar-refractivity contribution in [2.24, 2.45) is 20.0 Å². The van der Waals surface area contributed by atoms with Crippen LogP contribution in [0.1, 0.15) is 34.8 Å². The Morgan fingerprint density at radius 2 is 1.36 bits per heavy atom. The second-order valence-electron chi connectivity index (χ2n) is 9.62. The maximum Gasteiger partial charge on any atom is 0.185 e. The maximum absolute atomic E-state index is 10.5. The second-order valence-corrected chi connectivity index (χ2v) is 9.62. The number of carbonyl (C=O) groups excluding carboxylic acids is 1. The molecule has 6 nitrogen and oxygen atoms in total. The monoisotopic (exact) mass is 479 g/mol. The Morgan fingerprint density at radius 3 is 1.97 bits per heavy atom. The first-order valence-corrected chi connectivity index (χ1v) is 12.7. The molecule has 3 heterocycles. The summed E-state index contributed by atoms with van der Waals surface area (Å²) >= 11 is 0. The van der Waals surface area contributed by atoms with Gasteiger partial charge in [-0.3, -0.25) is 9.69 Å². The maximum atomic E-state index is 10.5. The van der Waals surface area contributed by atoms with Crippen LogP contribution in [0.2, 0.25) is 0 Å². The summed E-state index contributed by atoms with van der Waals surface area (Å²) in [5, 5.41) is 0. The molecule has 5 aromatic rings. The van der Waals surface area contributed by atoms with Crippen LogP contribution in [-0.2, 0) is 27.1 Å². The van der Waals surface area contributed by atoms with Gasteiger partial charge in [-0.25, -0.2) is 9.97 Å². The first kappa shape index (κ1) is 23.9. The van der Waals surface area contributed by atoms with E-state index in [1.54, 1.807) is 4.57 Å². The number of aldehydes is 1. The molecule has 0 unspecified atom stereocenters. The molecule has 2 aromatic heterocycles. The summed E-state index contributed by atoms with van der Waals surface area (Å²) in [5.74, 6) is 2.47. The van der Waals surface area contributed by atoms with Gasteiger partial charge in [-0.15, -0.1) is 0 Å². The van der Waals surface area contributed by atoms with Crippen LogP contribution in [0, 0.1) is 5.92 Å². The highest BCUT2D eigenvalue weighted by atomic mass is 16.1. The van der Waals surface area contributed by atoms with E-state index in [1.165, 1.54) is 49.3 Å². The SMILES string of the molecule is Cn1c(C=O)nc2ccccc21.Cn1c(CN2CCC(Cc3ccccc3)CC2)nc2ccccc21. The van der Waals surface area contributed by atoms with Crippen LogP contribution in [-0.4, -0.2) is 43.4 Å². The number of imidazole rings is 2. The number of piperidine rings is 1. The molecule has 0 spiro atoms. The molecule has 0 radical (unpaired) electrons. The summed E-state index contributed by atoms with van der Waals surface area (Å²) in [6.07, 6.45) is 4.57. The van der Waals surface area contributed by atoms with Gasteiger partial charge in [-0.05, 0) is 68.1 Å². The van der Waals surface area contributed by atoms with Gasteiger partial charge in [0.25, 0.3) is 0 Å². The van der Waals surface area contributed by atoms with E-state index >= 15 is 0 Å². The summed E-state index contributed by atoms with van der Waals surface area (Å²) in [7, 11) is 3.96. The minimum Gasteiger partial charge on any atom is -0.330 e. The fourth-order valence-electron chi connectivity index (χ4n) is 5.10. The molecule has 36 heavy (non-hydrogen) atoms. The highest BCUT2D eigenvalue weighted by molar-refractivity contribution is 5.82. The van der Waals surface area contributed by atoms with E-state index in [1.807, 2.05) is 31.3 Å². The molecule has 6 rings (SSSR count). The quantitative estimate of drug-likeness (QED) is 0.316. The van der Waals surface area contributed by atoms with Gasteiger partial charge < -0.3 is 9.13 Å². The molecule has 184 valence electrons. The number of likely N-dealkylation sites (tertiary alicyclic amines) is 1. The van der Waals surface area contributed by atoms with Crippen LogP contribution in [0.25, 0.3) is 22.1 Å². The van der Waals surface area contributed by atoms with E-state index in [-0.39, 0.29) is 0 Å². The van der Waals surface area contributed by atoms with Crippen molar-refractivity contribution in [3.8, 4) is 0 Å². The number of para-hydroxylation sites is 4. The molecule has 6 heteroatoms. The van der Waals surface area contributed by atoms with Crippen molar-refractivity contribution in [2.75, 3.05) is 13.1 Å². The van der Waals surface area contributed by atoms with Crippen molar-refractivity contribution in [1.82, 2.24) is 24.0 Å². The van der Waals surface area contributed by atoms with Crippen molar-refractivity contribution in [2.45, 2.75) is 25.8 Å². The zero-order chi connectivity index (χ0) is 24.9. The average Bonchev–Trinajstić information content (AvgIpc) is 3.42. The zero-order valence-electron chi connectivity index (χ0n) is 21.0. The Bertz CT molecular complexity index is 1440. The van der Waals surface area contributed by atoms with Gasteiger partial charge >= 0.3 is 0 Å². The van der Waals surface area contributed by atoms with Crippen molar-refractivity contribution in [3.05, 3.63) is 96.1 Å². The van der Waals surface area contributed by atoms with Crippen LogP contribution in [0.3, 0.4) is 0 Å². The van der Waals surface area contributed by atoms with E-state index in [0.717, 1.165) is 35.3 Å². The van der Waals surface area contributed by atoms with Crippen LogP contribution in [0.5, 0.6) is 0 Å². The molecular formula is C30H33N5O. The molecule has 1 fully saturated rings. The number of carbonyl (C=O) groups is 1. The van der Waals surface area contributed by atoms with Crippen LogP contribution >= 0.6 is 0 Å². The normalized spacial score (nSPS) is 14.6. The van der Waals surface area contributed by atoms with Crippen molar-refractivity contribution >= 4 is 28.4 Å². The lowest BCUT2D eigenvalue weighted by Gasteiger charge is -2.31. The average molecular weight is 480 g/mol. The number of rotatable bonds is 5. The Hall–Kier alpha value is -3.77. The van der Waals surface area contributed by atoms with E-state index in [9.17, 15) is 4.79 Å². The lowest BCUT2D eigenvalue weighted by molar-refractivity contribution is 0.111. The minimum atomic E-state index is 0.469. The summed E-state index contributed by atoms with van der Waals surface area (Å²) in [6.45, 7) is 3.32. The summed E-state index contributed by atoms with van der Waals surface area (Å²) in [4.78, 5) is 22.0. The number of hydrogen-bond donors (Lipinski definition) is 0. The van der Waals surface area contributed by atoms with E-state index in [2.05, 4.69) is 76.1 Å². The van der Waals surface area contributed by atoms with Crippen molar-refractivity contribution in [3.63, 3.8) is 0 Å². The van der Waals surface area contributed by atoms with Crippen molar-refractivity contribution in [1.29, 1.82) is 0 Å². The summed E-state index contributed by atoms with van der Waals surface area (Å²) < 4.78 is 4.02. The van der Waals surface area contributed by atoms with E-state index in [0.29, 0.717) is 5.82 Å². The summed E-state index contributed by atoms with van der Waals surface area (Å²) in [5.41, 5.74) is 5.66. The zero-order valence-corrected chi connectivity index (χ0v) is 21.0. The van der Waals surface area contributed by atoms with Crippen LogP contribution in [0.15, 0.2) is 78.9 Å². The Balaban J connectivity index is 0.000000186. The molecule has 1 aliphatic heterocycles. The molecule has 0 bridgehead atoms. The molecule has 1 saturated heterocycles. The third kappa shape index (κ3) is 5.24. The lowest BCUT2D eigenvalue weighted by Crippen LogP contribution is -2.34. The molecule has 0 N–H and O–H groups in total. The van der Waals surface area contributed by atoms with Gasteiger partial charge in [-0.1, -0.05) is 54.6 Å². The van der Waals surface area contributed by atoms with Gasteiger partial charge in [-0.2, -0.15) is 0 Å². The van der Waals surface area contributed by atoms with Crippen molar-refractivity contribution < 1.29 is 4.79 Å². The Morgan fingerprint density at radius 1 is 0.778 bits per heavy atom. The van der Waals surface area contributed by atoms with Crippen LogP contribution < -0.4 is 0 Å². The predicted octanol–water partition coefficient (Wildman–Crippen LogP) is 5.41. The Kier molecular flexibility index (Phi) is 7.23. The molecular weight excluding hydrogens is 446 g/mol. The predicted molar refractivity (Wildman–Crippen MR) is 145 cm³/mol. The molecule has 0 aliphatic carbocycles. The first-order valence-electron chi connectivity index (χ1n) is 12.7. The van der Waals surface area contributed by atoms with Gasteiger partial charge in [0.1, 0.15) is 5.82 Å². The first-order chi connectivity index (χ1) is 17.6. The van der Waals surface area contributed by atoms with Gasteiger partial charge in [0, 0.05) is 14.1 Å². The topological polar surface area (TPSA) is 56.0 Å². The fraction of sp³-hybridized carbons (Fsp3) is 0.300. The number of hydrogen-bond acceptors (Lipinski definition) is 4. The van der Waals surface area contributed by atoms with E-state index < -0.39 is 0 Å². The number of aromatic nitrogens is 4. The fourth-order valence-corrected chi connectivity index (χ4v) is 5.10. The molecule has 0 saturated carbocycles. The third-order valence-electron chi connectivity index (χ3n) is 7.25. The van der Waals surface area contributed by atoms with Gasteiger partial charge in [0.15, 0.2) is 12.1 Å². The van der Waals surface area contributed by atoms with E-state index in [4.69, 9.17) is 4.98 Å². The summed E-state index contributed by atoms with van der Waals surface area (Å²) in [6, 6.07) is 27.0. The number of aryl methyl sites for hydroxylation is 2. The highest BCUT2D eigenvalue weighted by Crippen LogP contribution is 2.23. The van der Waals surface area contributed by atoms with Gasteiger partial charge in [0.2, 0.25) is 0 Å². The largest absolute Gasteiger partial charge is 0.330 e. The molecule has 3 aromatic carbocycles. The Labute approximate surface area is 212 Å². The standard InChI is InChI=1S/C21H25N3.C9H8N2O/c1-23-20-10-6-5-9-19(20)22-21(23)16-24-13-11-18(12-14-24)15-17-7-3-2-4-8-17;1-11-8-5-3-2-4-7(8)10-9(11)6-12/h2-10,18H,11-16H2,1H3;2-6H,1H3. The smallest absolute Gasteiger partial charge is 0.185 e. The lowest BCUT2D eigenvalue weighted by atomic mass is 9.90. The number of nitrogens with zero attached hydrogens (tertiary/aromatic N) is 5. The second kappa shape index (κ2) is 10.9. The molecule has 0 atom stereocenters. The minimum absolute atomic E-state index is 0.469. The number of fused-ring (bicyclic) bond motifs is 2. The van der Waals surface area contributed by atoms with Crippen LogP contribution in [0.4, 0.5) is 0 Å². The third-order valence-corrected chi connectivity index (χ3v) is 7.25. The number of benzene rings is 3.